The van der Waals surface area contributed by atoms with Crippen molar-refractivity contribution >= 4 is 77.3 Å². The maximum absolute atomic E-state index is 14.3. The Balaban J connectivity index is 0.00000645. The Bertz CT molecular complexity index is 3440. The molecule has 6 aliphatic heterocycles. The van der Waals surface area contributed by atoms with E-state index in [-0.39, 0.29) is 101 Å². The van der Waals surface area contributed by atoms with Crippen molar-refractivity contribution in [2.75, 3.05) is 13.2 Å². The second-order valence-corrected chi connectivity index (χ2v) is 27.4. The minimum Gasteiger partial charge on any atom is -0.756 e. The van der Waals surface area contributed by atoms with Crippen LogP contribution in [0.5, 0.6) is 0 Å². The van der Waals surface area contributed by atoms with Gasteiger partial charge >= 0.3 is 0 Å². The zero-order chi connectivity index (χ0) is 65.0. The number of aliphatic hydroxyl groups is 2. The van der Waals surface area contributed by atoms with E-state index in [1.54, 1.807) is 38.1 Å². The van der Waals surface area contributed by atoms with E-state index < -0.39 is 143 Å². The molecule has 2 saturated heterocycles. The summed E-state index contributed by atoms with van der Waals surface area (Å²) in [6.07, 6.45) is -4.78. The number of aliphatic imine (C=N–C) groups is 3. The van der Waals surface area contributed by atoms with Gasteiger partial charge in [-0.1, -0.05) is 52.8 Å². The van der Waals surface area contributed by atoms with E-state index in [1.165, 1.54) is 17.8 Å². The Hall–Kier alpha value is -6.49. The topological polar surface area (TPSA) is 465 Å². The summed E-state index contributed by atoms with van der Waals surface area (Å²) in [6.45, 7) is 15.1. The first-order valence-corrected chi connectivity index (χ1v) is 31.1. The minimum atomic E-state index is -5.30. The molecule has 7 heterocycles. The predicted octanol–water partition coefficient (Wildman–Crippen LogP) is 3.15. The molecule has 1 radical (unpaired) electrons. The molecule has 7 amide bonds. The number of allylic oxidation sites excluding steroid dienone is 6. The largest absolute Gasteiger partial charge is 0.756 e. The fraction of sp³-hybridized carbons (Fsp3) is 0.607. The molecule has 29 heteroatoms. The van der Waals surface area contributed by atoms with Crippen LogP contribution in [0, 0.1) is 52.8 Å². The third kappa shape index (κ3) is 13.8. The third-order valence-electron chi connectivity index (χ3n) is 19.8. The van der Waals surface area contributed by atoms with Gasteiger partial charge in [-0.15, -0.1) is 0 Å². The Morgan fingerprint density at radius 3 is 2.00 bits per heavy atom. The van der Waals surface area contributed by atoms with Crippen LogP contribution in [0.2, 0.25) is 0 Å². The molecule has 27 nitrogen and oxygen atoms in total. The third-order valence-corrected chi connectivity index (χ3v) is 20.9. The quantitative estimate of drug-likeness (QED) is 0.0483. The van der Waals surface area contributed by atoms with Crippen molar-refractivity contribution in [1.29, 1.82) is 0 Å². The second-order valence-electron chi connectivity index (χ2n) is 26.1. The maximum Gasteiger partial charge on any atom is 0.268 e. The first kappa shape index (κ1) is 72.6. The van der Waals surface area contributed by atoms with Gasteiger partial charge in [-0.2, -0.15) is 5.70 Å². The van der Waals surface area contributed by atoms with Crippen LogP contribution in [0.25, 0.3) is 16.4 Å². The molecule has 1 aromatic heterocycles. The summed E-state index contributed by atoms with van der Waals surface area (Å²) in [4.78, 5) is 127. The summed E-state index contributed by atoms with van der Waals surface area (Å²) in [5.41, 5.74) is 34.7. The summed E-state index contributed by atoms with van der Waals surface area (Å²) < 4.78 is 31.6. The van der Waals surface area contributed by atoms with Crippen LogP contribution >= 0.6 is 7.82 Å². The number of benzene rings is 1. The SMILES string of the molecule is C/C1=C2/[N-][C@H]([C@H](CC(N)=O)[C@@]2(C)CCC(=O)NC[C@@H](C)OP(=O)([O-])O[C@H]2[C@@H](O)[C@@H](n3cnc4ccccc43)O[C@@H]2CO)[C@]2(C)N=C(/C(C)=C3N=C(/C=C4N=C1[C@@H](CCC(N)=O)C\4(C)C)[C@@H](CCC(N)=O)[C@]\3(C)CC(N)=O)[C@@H](CCC(N)=O)[C@]2(C)CC(N)=O.[CH3-].[Co]. The van der Waals surface area contributed by atoms with E-state index in [4.69, 9.17) is 68.5 Å². The molecule has 15 atom stereocenters. The molecule has 8 bridgehead atoms. The van der Waals surface area contributed by atoms with Crippen molar-refractivity contribution in [3.8, 4) is 0 Å². The van der Waals surface area contributed by atoms with Crippen molar-refractivity contribution in [3.05, 3.63) is 77.6 Å². The Morgan fingerprint density at radius 2 is 1.41 bits per heavy atom. The van der Waals surface area contributed by atoms with Crippen LogP contribution in [-0.4, -0.2) is 127 Å². The summed E-state index contributed by atoms with van der Waals surface area (Å²) in [6, 6.07) is 5.94. The number of para-hydroxylation sites is 2. The number of amides is 7. The molecular weight excluding hydrogens is 1230 g/mol. The average molecular weight is 1320 g/mol. The number of nitrogens with two attached hydrogens (primary N) is 6. The van der Waals surface area contributed by atoms with Crippen molar-refractivity contribution in [2.24, 2.45) is 94.7 Å². The van der Waals surface area contributed by atoms with Gasteiger partial charge in [-0.05, 0) is 94.1 Å². The van der Waals surface area contributed by atoms with Gasteiger partial charge in [0.1, 0.15) is 18.3 Å². The number of nitrogens with one attached hydrogen (secondary N) is 1. The first-order chi connectivity index (χ1) is 41.0. The fourth-order valence-corrected chi connectivity index (χ4v) is 16.1. The van der Waals surface area contributed by atoms with E-state index in [1.807, 2.05) is 47.6 Å². The Morgan fingerprint density at radius 1 is 0.811 bits per heavy atom. The van der Waals surface area contributed by atoms with Crippen LogP contribution in [0.4, 0.5) is 0 Å². The number of hydrogen-bond acceptors (Lipinski definition) is 18. The molecule has 1 aromatic carbocycles. The van der Waals surface area contributed by atoms with Crippen LogP contribution in [0.15, 0.2) is 79.9 Å². The predicted molar refractivity (Wildman–Crippen MR) is 329 cm³/mol. The molecule has 497 valence electrons. The number of rotatable bonds is 26. The van der Waals surface area contributed by atoms with Gasteiger partial charge in [-0.3, -0.25) is 53.1 Å². The molecule has 90 heavy (non-hydrogen) atoms. The summed E-state index contributed by atoms with van der Waals surface area (Å²) in [5.74, 6) is -7.40. The summed E-state index contributed by atoms with van der Waals surface area (Å²) >= 11 is 0. The van der Waals surface area contributed by atoms with Crippen LogP contribution < -0.4 is 44.6 Å². The first-order valence-electron chi connectivity index (χ1n) is 29.7. The molecule has 0 spiro atoms. The van der Waals surface area contributed by atoms with Crippen molar-refractivity contribution in [3.63, 3.8) is 0 Å². The van der Waals surface area contributed by atoms with Crippen LogP contribution in [-0.2, 0) is 68.7 Å². The fourth-order valence-electron chi connectivity index (χ4n) is 15.0. The molecule has 0 aliphatic carbocycles. The number of nitrogens with zero attached hydrogens (tertiary/aromatic N) is 6. The number of carbonyl (C=O) groups excluding carboxylic acids is 7. The Labute approximate surface area is 534 Å². The van der Waals surface area contributed by atoms with Gasteiger partial charge in [0.15, 0.2) is 6.23 Å². The number of phosphoric acid groups is 1. The second kappa shape index (κ2) is 27.4. The van der Waals surface area contributed by atoms with Gasteiger partial charge in [0.25, 0.3) is 7.82 Å². The average Bonchev–Trinajstić information content (AvgIpc) is 1.53. The molecule has 6 aliphatic rings. The van der Waals surface area contributed by atoms with E-state index in [2.05, 4.69) is 10.3 Å². The molecule has 2 aromatic rings. The van der Waals surface area contributed by atoms with Crippen molar-refractivity contribution < 1.29 is 83.8 Å². The number of phosphoric ester groups is 1. The molecule has 1 unspecified atom stereocenters. The minimum absolute atomic E-state index is 0. The normalized spacial score (nSPS) is 33.9. The van der Waals surface area contributed by atoms with Crippen molar-refractivity contribution in [1.82, 2.24) is 14.9 Å². The molecule has 15 N–H and O–H groups in total. The van der Waals surface area contributed by atoms with Gasteiger partial charge in [0.05, 0.1) is 41.3 Å². The Kier molecular flexibility index (Phi) is 22.1. The summed E-state index contributed by atoms with van der Waals surface area (Å²) in [7, 11) is -5.30. The van der Waals surface area contributed by atoms with Gasteiger partial charge in [-0.25, -0.2) is 4.98 Å². The number of ether oxygens (including phenoxy) is 1. The van der Waals surface area contributed by atoms with E-state index >= 15 is 0 Å². The molecule has 2 fully saturated rings. The number of primary amides is 6. The van der Waals surface area contributed by atoms with E-state index in [9.17, 15) is 53.2 Å². The van der Waals surface area contributed by atoms with Gasteiger partial charge < -0.3 is 85.9 Å². The number of carbonyl (C=O) groups is 7. The van der Waals surface area contributed by atoms with E-state index in [0.29, 0.717) is 56.4 Å². The number of aromatic nitrogens is 2. The molecular formula is C61H87CoN13O14P-3. The zero-order valence-corrected chi connectivity index (χ0v) is 54.6. The standard InChI is InChI=1S/C60H86N13O14P.CH3.Co/c1-29(86-88(83,84)87-51-39(27-74)85-55(50(51)82)73-28-68-36-12-10-11-13-38(36)73)26-67-47(81)20-21-57(6)35(22-44(64)78)54-60(9)59(8,25-46(66)80)34(16-19-43(63)77)49(72-60)31(3)53-58(7,24-45(65)79)32(14-17-41(61)75)37(69-53)23-40-56(4,5)33(15-18-42(62)76)48(70-40)30(2)52(57)71-54;;/h10-13,23,28-29,32-35,39,50-51,54-55,74,82H,14-22,24-27H2,1-9H3,(H15,61,62,63,64,65,66,67,69,70,71,72,75,76,77,78,79,80,81,83,84);1H3;/q;-1;/p-2/t29-,32-,33-,34-,35+,39-,50-,51-,54-,55+,57-,58+,59+,60+;;/m1../s1. The maximum atomic E-state index is 14.3. The molecule has 8 rings (SSSR count). The number of aliphatic hydroxyl groups excluding tert-OH is 2. The number of fused-ring (bicyclic) bond motifs is 7. The van der Waals surface area contributed by atoms with Crippen LogP contribution in [0.1, 0.15) is 139 Å². The van der Waals surface area contributed by atoms with Crippen LogP contribution in [0.3, 0.4) is 0 Å². The van der Waals surface area contributed by atoms with Gasteiger partial charge in [0, 0.05) is 125 Å². The van der Waals surface area contributed by atoms with E-state index in [0.717, 1.165) is 0 Å². The van der Waals surface area contributed by atoms with Gasteiger partial charge in [0.2, 0.25) is 41.4 Å². The molecule has 0 saturated carbocycles. The van der Waals surface area contributed by atoms with Crippen molar-refractivity contribution in [2.45, 2.75) is 175 Å². The smallest absolute Gasteiger partial charge is 0.268 e. The zero-order valence-electron chi connectivity index (χ0n) is 52.7. The number of hydrogen-bond donors (Lipinski definition) is 9. The number of imidazole rings is 1. The monoisotopic (exact) mass is 1320 g/mol. The summed E-state index contributed by atoms with van der Waals surface area (Å²) in [5, 5.41) is 29.9.